The molecule has 1 saturated heterocycles. The van der Waals surface area contributed by atoms with Gasteiger partial charge in [0.05, 0.1) is 21.9 Å². The fourth-order valence-corrected chi connectivity index (χ4v) is 13.3. The zero-order valence-electron chi connectivity index (χ0n) is 23.7. The molecule has 43 heavy (non-hydrogen) atoms. The van der Waals surface area contributed by atoms with Gasteiger partial charge in [0.1, 0.15) is 8.22 Å². The van der Waals surface area contributed by atoms with E-state index in [0.717, 1.165) is 11.1 Å². The van der Waals surface area contributed by atoms with Gasteiger partial charge in [0.15, 0.2) is 0 Å². The molecule has 1 aliphatic heterocycles. The topological polar surface area (TPSA) is 74.8 Å². The fraction of sp³-hybridized carbons (Fsp3) is 0.118. The lowest BCUT2D eigenvalue weighted by molar-refractivity contribution is 0.377. The minimum absolute atomic E-state index is 0.115. The number of hydrogen-bond donors (Lipinski definition) is 0. The SMILES string of the molecule is Cc1ccc(S(=O)(=O)N2[C@H](c3ccccc3)[C@@H](c3ccccc3)N(S(=O)(=O)c3ccc(C)cc3)P2c2ccccc2)cc1. The van der Waals surface area contributed by atoms with Gasteiger partial charge in [0.2, 0.25) is 20.0 Å². The largest absolute Gasteiger partial charge is 0.248 e. The van der Waals surface area contributed by atoms with Crippen molar-refractivity contribution in [2.45, 2.75) is 35.7 Å². The lowest BCUT2D eigenvalue weighted by Crippen LogP contribution is -2.31. The minimum atomic E-state index is -4.22. The highest BCUT2D eigenvalue weighted by molar-refractivity contribution is 8.00. The highest BCUT2D eigenvalue weighted by Crippen LogP contribution is 2.67. The Kier molecular flexibility index (Phi) is 8.07. The van der Waals surface area contributed by atoms with Crippen LogP contribution in [0.5, 0.6) is 0 Å². The molecule has 0 radical (unpaired) electrons. The van der Waals surface area contributed by atoms with Gasteiger partial charge in [-0.25, -0.2) is 16.8 Å². The molecule has 1 fully saturated rings. The second-order valence-corrected chi connectivity index (χ2v) is 16.6. The maximum Gasteiger partial charge on any atom is 0.248 e. The fourth-order valence-electron chi connectivity index (χ4n) is 5.41. The zero-order valence-corrected chi connectivity index (χ0v) is 26.3. The van der Waals surface area contributed by atoms with Gasteiger partial charge in [-0.15, -0.1) is 8.15 Å². The average Bonchev–Trinajstić information content (AvgIpc) is 3.41. The van der Waals surface area contributed by atoms with Crippen LogP contribution < -0.4 is 5.30 Å². The third-order valence-electron chi connectivity index (χ3n) is 7.55. The molecule has 0 aliphatic carbocycles. The lowest BCUT2D eigenvalue weighted by atomic mass is 9.95. The quantitative estimate of drug-likeness (QED) is 0.180. The van der Waals surface area contributed by atoms with Gasteiger partial charge < -0.3 is 0 Å². The second-order valence-electron chi connectivity index (χ2n) is 10.5. The Morgan fingerprint density at radius 2 is 0.791 bits per heavy atom. The normalized spacial score (nSPS) is 18.6. The molecule has 6 nitrogen and oxygen atoms in total. The van der Waals surface area contributed by atoms with Crippen LogP contribution in [0.25, 0.3) is 0 Å². The van der Waals surface area contributed by atoms with E-state index in [9.17, 15) is 16.8 Å². The number of aryl methyl sites for hydroxylation is 2. The molecule has 9 heteroatoms. The van der Waals surface area contributed by atoms with Crippen molar-refractivity contribution in [1.29, 1.82) is 0 Å². The van der Waals surface area contributed by atoms with Crippen LogP contribution in [0, 0.1) is 13.8 Å². The van der Waals surface area contributed by atoms with Gasteiger partial charge in [-0.2, -0.15) is 0 Å². The highest BCUT2D eigenvalue weighted by atomic mass is 32.2. The van der Waals surface area contributed by atoms with Gasteiger partial charge in [-0.05, 0) is 49.2 Å². The van der Waals surface area contributed by atoms with Crippen molar-refractivity contribution in [2.24, 2.45) is 0 Å². The van der Waals surface area contributed by atoms with Crippen LogP contribution in [-0.2, 0) is 20.0 Å². The van der Waals surface area contributed by atoms with E-state index in [1.807, 2.05) is 105 Å². The van der Waals surface area contributed by atoms with Gasteiger partial charge >= 0.3 is 0 Å². The maximum atomic E-state index is 14.9. The summed E-state index contributed by atoms with van der Waals surface area (Å²) in [6, 6.07) is 39.5. The van der Waals surface area contributed by atoms with E-state index in [4.69, 9.17) is 0 Å². The van der Waals surface area contributed by atoms with Gasteiger partial charge in [0.25, 0.3) is 0 Å². The molecular formula is C34H31N2O4PS2. The first-order valence-electron chi connectivity index (χ1n) is 13.9. The van der Waals surface area contributed by atoms with E-state index in [2.05, 4.69) is 0 Å². The molecule has 2 atom stereocenters. The molecule has 5 aromatic rings. The Balaban J connectivity index is 1.71. The molecule has 0 saturated carbocycles. The van der Waals surface area contributed by atoms with Crippen LogP contribution in [-0.4, -0.2) is 25.0 Å². The summed E-state index contributed by atoms with van der Waals surface area (Å²) in [4.78, 5) is 0.229. The summed E-state index contributed by atoms with van der Waals surface area (Å²) in [5.74, 6) is 0. The summed E-state index contributed by atoms with van der Waals surface area (Å²) in [5, 5.41) is 0.614. The predicted molar refractivity (Wildman–Crippen MR) is 172 cm³/mol. The number of hydrogen-bond acceptors (Lipinski definition) is 4. The van der Waals surface area contributed by atoms with Gasteiger partial charge in [-0.1, -0.05) is 126 Å². The van der Waals surface area contributed by atoms with Crippen molar-refractivity contribution < 1.29 is 16.8 Å². The molecule has 1 heterocycles. The van der Waals surface area contributed by atoms with Gasteiger partial charge in [0, 0.05) is 5.30 Å². The number of benzene rings is 5. The van der Waals surface area contributed by atoms with Crippen LogP contribution in [0.1, 0.15) is 34.3 Å². The molecule has 0 bridgehead atoms. The molecule has 0 aromatic heterocycles. The first-order chi connectivity index (χ1) is 20.7. The molecule has 5 aromatic carbocycles. The molecule has 0 unspecified atom stereocenters. The van der Waals surface area contributed by atoms with Crippen molar-refractivity contribution in [3.63, 3.8) is 0 Å². The highest BCUT2D eigenvalue weighted by Gasteiger charge is 2.59. The third-order valence-corrected chi connectivity index (χ3v) is 14.9. The smallest absolute Gasteiger partial charge is 0.207 e. The van der Waals surface area contributed by atoms with E-state index < -0.39 is 40.4 Å². The van der Waals surface area contributed by atoms with E-state index in [1.54, 1.807) is 48.5 Å². The van der Waals surface area contributed by atoms with Crippen molar-refractivity contribution >= 4 is 33.6 Å². The van der Waals surface area contributed by atoms with Crippen molar-refractivity contribution in [2.75, 3.05) is 0 Å². The Morgan fingerprint density at radius 3 is 1.14 bits per heavy atom. The summed E-state index contributed by atoms with van der Waals surface area (Å²) in [7, 11) is -10.6. The molecule has 0 N–H and O–H groups in total. The van der Waals surface area contributed by atoms with Crippen molar-refractivity contribution in [3.05, 3.63) is 162 Å². The van der Waals surface area contributed by atoms with Crippen molar-refractivity contribution in [3.8, 4) is 0 Å². The predicted octanol–water partition coefficient (Wildman–Crippen LogP) is 7.12. The van der Waals surface area contributed by atoms with E-state index >= 15 is 0 Å². The van der Waals surface area contributed by atoms with Crippen molar-refractivity contribution in [1.82, 2.24) is 8.15 Å². The number of sulfonamides is 2. The van der Waals surface area contributed by atoms with Crippen LogP contribution in [0.15, 0.2) is 149 Å². The Morgan fingerprint density at radius 1 is 0.465 bits per heavy atom. The van der Waals surface area contributed by atoms with Crippen LogP contribution in [0.3, 0.4) is 0 Å². The Labute approximate surface area is 255 Å². The first kappa shape index (κ1) is 29.4. The van der Waals surface area contributed by atoms with Crippen LogP contribution in [0.2, 0.25) is 0 Å². The third kappa shape index (κ3) is 5.46. The molecule has 218 valence electrons. The Hall–Kier alpha value is -3.65. The molecule has 6 rings (SSSR count). The molecule has 0 amide bonds. The lowest BCUT2D eigenvalue weighted by Gasteiger charge is -2.31. The second kappa shape index (κ2) is 11.8. The Bertz CT molecular complexity index is 1800. The molecule has 1 aliphatic rings. The minimum Gasteiger partial charge on any atom is -0.207 e. The van der Waals surface area contributed by atoms with Crippen LogP contribution >= 0.6 is 8.22 Å². The summed E-state index contributed by atoms with van der Waals surface area (Å²) in [6.07, 6.45) is 0. The standard InChI is InChI=1S/C34H31N2O4PS2/c1-26-18-22-31(23-19-26)42(37,38)35-33(28-12-6-3-7-13-28)34(29-14-8-4-9-15-29)36(41(35)30-16-10-5-11-17-30)43(39,40)32-24-20-27(2)21-25-32/h3-25,33-34H,1-2H3/t33-,34-/m1/s1. The summed E-state index contributed by atoms with van der Waals surface area (Å²) in [6.45, 7) is 3.80. The maximum absolute atomic E-state index is 14.9. The number of rotatable bonds is 7. The molecule has 0 spiro atoms. The van der Waals surface area contributed by atoms with E-state index in [1.165, 1.54) is 8.15 Å². The average molecular weight is 627 g/mol. The van der Waals surface area contributed by atoms with Crippen LogP contribution in [0.4, 0.5) is 0 Å². The monoisotopic (exact) mass is 626 g/mol. The van der Waals surface area contributed by atoms with E-state index in [0.29, 0.717) is 16.4 Å². The van der Waals surface area contributed by atoms with E-state index in [-0.39, 0.29) is 9.79 Å². The zero-order chi connectivity index (χ0) is 30.2. The number of nitrogens with zero attached hydrogens (tertiary/aromatic N) is 2. The molecular weight excluding hydrogens is 595 g/mol. The summed E-state index contributed by atoms with van der Waals surface area (Å²) >= 11 is 0. The van der Waals surface area contributed by atoms with Gasteiger partial charge in [-0.3, -0.25) is 0 Å². The first-order valence-corrected chi connectivity index (χ1v) is 18.0. The summed E-state index contributed by atoms with van der Waals surface area (Å²) in [5.41, 5.74) is 3.27. The summed E-state index contributed by atoms with van der Waals surface area (Å²) < 4.78 is 62.4.